The Balaban J connectivity index is 1.85. The highest BCUT2D eigenvalue weighted by Gasteiger charge is 2.23. The van der Waals surface area contributed by atoms with Crippen molar-refractivity contribution in [2.75, 3.05) is 5.32 Å². The van der Waals surface area contributed by atoms with Crippen LogP contribution in [0.5, 0.6) is 0 Å². The molecule has 6 heteroatoms. The van der Waals surface area contributed by atoms with E-state index in [0.717, 1.165) is 12.8 Å². The van der Waals surface area contributed by atoms with Crippen molar-refractivity contribution < 1.29 is 14.3 Å². The van der Waals surface area contributed by atoms with Crippen LogP contribution in [-0.2, 0) is 11.2 Å². The van der Waals surface area contributed by atoms with E-state index in [1.54, 1.807) is 0 Å². The number of aliphatic carboxylic acids is 1. The Morgan fingerprint density at radius 3 is 3.00 bits per heavy atom. The Bertz CT molecular complexity index is 332. The maximum Gasteiger partial charge on any atom is 0.315 e. The highest BCUT2D eigenvalue weighted by atomic mass is 16.4. The van der Waals surface area contributed by atoms with Crippen molar-refractivity contribution in [3.05, 3.63) is 5.89 Å². The molecule has 1 heterocycles. The fourth-order valence-corrected chi connectivity index (χ4v) is 1.03. The van der Waals surface area contributed by atoms with E-state index < -0.39 is 5.97 Å². The first kappa shape index (κ1) is 8.98. The van der Waals surface area contributed by atoms with Gasteiger partial charge in [0.2, 0.25) is 5.89 Å². The molecule has 0 bridgehead atoms. The molecule has 0 aromatic carbocycles. The average Bonchev–Trinajstić information content (AvgIpc) is 2.81. The highest BCUT2D eigenvalue weighted by Crippen LogP contribution is 2.23. The van der Waals surface area contributed by atoms with Crippen LogP contribution in [0.4, 0.5) is 6.01 Å². The second kappa shape index (κ2) is 3.65. The Morgan fingerprint density at radius 1 is 1.57 bits per heavy atom. The molecule has 1 fully saturated rings. The summed E-state index contributed by atoms with van der Waals surface area (Å²) >= 11 is 0. The number of hydrogen-bond donors (Lipinski definition) is 2. The number of hydrogen-bond acceptors (Lipinski definition) is 5. The van der Waals surface area contributed by atoms with Gasteiger partial charge in [0.1, 0.15) is 0 Å². The van der Waals surface area contributed by atoms with Crippen LogP contribution < -0.4 is 5.32 Å². The van der Waals surface area contributed by atoms with Crippen molar-refractivity contribution in [1.82, 2.24) is 10.2 Å². The normalized spacial score (nSPS) is 15.4. The molecule has 0 amide bonds. The summed E-state index contributed by atoms with van der Waals surface area (Å²) in [6.07, 6.45) is 2.57. The Hall–Kier alpha value is -1.59. The molecule has 14 heavy (non-hydrogen) atoms. The van der Waals surface area contributed by atoms with Crippen molar-refractivity contribution in [3.8, 4) is 0 Å². The van der Waals surface area contributed by atoms with Crippen molar-refractivity contribution in [3.63, 3.8) is 0 Å². The first-order valence-corrected chi connectivity index (χ1v) is 4.55. The van der Waals surface area contributed by atoms with Crippen molar-refractivity contribution >= 4 is 12.0 Å². The van der Waals surface area contributed by atoms with Crippen molar-refractivity contribution in [1.29, 1.82) is 0 Å². The number of nitrogens with zero attached hydrogens (tertiary/aromatic N) is 2. The molecule has 2 rings (SSSR count). The Labute approximate surface area is 80.3 Å². The van der Waals surface area contributed by atoms with Crippen LogP contribution in [-0.4, -0.2) is 27.3 Å². The minimum absolute atomic E-state index is 0.0189. The second-order valence-corrected chi connectivity index (χ2v) is 3.31. The number of aryl methyl sites for hydroxylation is 1. The molecule has 1 saturated carbocycles. The summed E-state index contributed by atoms with van der Waals surface area (Å²) in [6.45, 7) is 0. The smallest absolute Gasteiger partial charge is 0.315 e. The zero-order chi connectivity index (χ0) is 9.97. The Morgan fingerprint density at radius 2 is 2.36 bits per heavy atom. The predicted octanol–water partition coefficient (Wildman–Crippen LogP) is 0.661. The largest absolute Gasteiger partial charge is 0.481 e. The summed E-state index contributed by atoms with van der Waals surface area (Å²) < 4.78 is 5.19. The van der Waals surface area contributed by atoms with Gasteiger partial charge >= 0.3 is 12.0 Å². The van der Waals surface area contributed by atoms with E-state index in [4.69, 9.17) is 9.52 Å². The van der Waals surface area contributed by atoms with Gasteiger partial charge in [-0.15, -0.1) is 5.10 Å². The number of carboxylic acid groups (broad SMARTS) is 1. The predicted molar refractivity (Wildman–Crippen MR) is 46.9 cm³/mol. The number of carbonyl (C=O) groups is 1. The zero-order valence-electron chi connectivity index (χ0n) is 7.56. The van der Waals surface area contributed by atoms with E-state index in [1.807, 2.05) is 0 Å². The fourth-order valence-electron chi connectivity index (χ4n) is 1.03. The van der Waals surface area contributed by atoms with E-state index >= 15 is 0 Å². The SMILES string of the molecule is O=C(O)CCc1nnc(NC2CC2)o1. The molecule has 0 unspecified atom stereocenters. The standard InChI is InChI=1S/C8H11N3O3/c12-7(13)4-3-6-10-11-8(14-6)9-5-1-2-5/h5H,1-4H2,(H,9,11)(H,12,13). The molecule has 0 aliphatic heterocycles. The molecular weight excluding hydrogens is 186 g/mol. The first-order chi connectivity index (χ1) is 6.74. The molecular formula is C8H11N3O3. The molecule has 76 valence electrons. The molecule has 1 aromatic rings. The summed E-state index contributed by atoms with van der Waals surface area (Å²) in [7, 11) is 0. The molecule has 1 aliphatic rings. The van der Waals surface area contributed by atoms with Gasteiger partial charge in [-0.25, -0.2) is 0 Å². The van der Waals surface area contributed by atoms with Crippen molar-refractivity contribution in [2.45, 2.75) is 31.7 Å². The quantitative estimate of drug-likeness (QED) is 0.720. The Kier molecular flexibility index (Phi) is 2.34. The molecule has 0 spiro atoms. The third-order valence-corrected chi connectivity index (χ3v) is 1.92. The van der Waals surface area contributed by atoms with E-state index in [9.17, 15) is 4.79 Å². The topological polar surface area (TPSA) is 88.2 Å². The van der Waals surface area contributed by atoms with Crippen molar-refractivity contribution in [2.24, 2.45) is 0 Å². The summed E-state index contributed by atoms with van der Waals surface area (Å²) in [5.41, 5.74) is 0. The lowest BCUT2D eigenvalue weighted by atomic mass is 10.3. The minimum atomic E-state index is -0.861. The zero-order valence-corrected chi connectivity index (χ0v) is 7.56. The van der Waals surface area contributed by atoms with Gasteiger partial charge in [-0.3, -0.25) is 4.79 Å². The van der Waals surface area contributed by atoms with Gasteiger partial charge in [-0.2, -0.15) is 0 Å². The molecule has 0 atom stereocenters. The second-order valence-electron chi connectivity index (χ2n) is 3.31. The van der Waals surface area contributed by atoms with Gasteiger partial charge in [0.25, 0.3) is 0 Å². The number of carboxylic acids is 1. The fraction of sp³-hybridized carbons (Fsp3) is 0.625. The van der Waals surface area contributed by atoms with Crippen LogP contribution in [0.1, 0.15) is 25.2 Å². The lowest BCUT2D eigenvalue weighted by Crippen LogP contribution is -2.00. The van der Waals surface area contributed by atoms with Gasteiger partial charge in [-0.05, 0) is 12.8 Å². The lowest BCUT2D eigenvalue weighted by molar-refractivity contribution is -0.137. The lowest BCUT2D eigenvalue weighted by Gasteiger charge is -1.94. The van der Waals surface area contributed by atoms with Crippen LogP contribution >= 0.6 is 0 Å². The maximum atomic E-state index is 10.3. The van der Waals surface area contributed by atoms with Gasteiger partial charge in [-0.1, -0.05) is 5.10 Å². The van der Waals surface area contributed by atoms with Gasteiger partial charge in [0.05, 0.1) is 6.42 Å². The first-order valence-electron chi connectivity index (χ1n) is 4.55. The molecule has 1 aliphatic carbocycles. The molecule has 1 aromatic heterocycles. The van der Waals surface area contributed by atoms with Gasteiger partial charge in [0, 0.05) is 12.5 Å². The number of aromatic nitrogens is 2. The van der Waals surface area contributed by atoms with Crippen LogP contribution in [0.15, 0.2) is 4.42 Å². The summed E-state index contributed by atoms with van der Waals surface area (Å²) in [4.78, 5) is 10.3. The average molecular weight is 197 g/mol. The number of anilines is 1. The van der Waals surface area contributed by atoms with Crippen LogP contribution in [0.3, 0.4) is 0 Å². The molecule has 0 radical (unpaired) electrons. The van der Waals surface area contributed by atoms with Gasteiger partial charge < -0.3 is 14.8 Å². The number of rotatable bonds is 5. The minimum Gasteiger partial charge on any atom is -0.481 e. The monoisotopic (exact) mass is 197 g/mol. The van der Waals surface area contributed by atoms with E-state index in [-0.39, 0.29) is 12.8 Å². The highest BCUT2D eigenvalue weighted by molar-refractivity contribution is 5.66. The molecule has 2 N–H and O–H groups in total. The van der Waals surface area contributed by atoms with E-state index in [2.05, 4.69) is 15.5 Å². The summed E-state index contributed by atoms with van der Waals surface area (Å²) in [5, 5.41) is 18.9. The van der Waals surface area contributed by atoms with Crippen LogP contribution in [0.25, 0.3) is 0 Å². The number of nitrogens with one attached hydrogen (secondary N) is 1. The summed E-state index contributed by atoms with van der Waals surface area (Å²) in [5.74, 6) is -0.490. The van der Waals surface area contributed by atoms with E-state index in [1.165, 1.54) is 0 Å². The molecule has 0 saturated heterocycles. The van der Waals surface area contributed by atoms with E-state index in [0.29, 0.717) is 17.9 Å². The third kappa shape index (κ3) is 2.45. The maximum absolute atomic E-state index is 10.3. The third-order valence-electron chi connectivity index (χ3n) is 1.92. The molecule has 6 nitrogen and oxygen atoms in total. The van der Waals surface area contributed by atoms with Crippen LogP contribution in [0.2, 0.25) is 0 Å². The van der Waals surface area contributed by atoms with Crippen LogP contribution in [0, 0.1) is 0 Å². The van der Waals surface area contributed by atoms with Gasteiger partial charge in [0.15, 0.2) is 0 Å². The summed E-state index contributed by atoms with van der Waals surface area (Å²) in [6, 6.07) is 0.857.